The highest BCUT2D eigenvalue weighted by atomic mass is 32.2. The molecule has 0 spiro atoms. The quantitative estimate of drug-likeness (QED) is 0.0798. The van der Waals surface area contributed by atoms with Gasteiger partial charge in [-0.25, -0.2) is 4.79 Å². The minimum Gasteiger partial charge on any atom is -0.477 e. The van der Waals surface area contributed by atoms with Gasteiger partial charge in [0.15, 0.2) is 12.6 Å². The first-order valence-electron chi connectivity index (χ1n) is 27.7. The van der Waals surface area contributed by atoms with Crippen LogP contribution in [0, 0.1) is 23.7 Å². The largest absolute Gasteiger partial charge is 0.477 e. The molecule has 4 aliphatic rings. The Labute approximate surface area is 465 Å². The number of likely N-dealkylation sites (N-methyl/N-ethyl adjacent to an activating group) is 1. The number of rotatable bonds is 18. The molecule has 79 heavy (non-hydrogen) atoms. The van der Waals surface area contributed by atoms with E-state index in [9.17, 15) is 48.0 Å². The Morgan fingerprint density at radius 3 is 2.19 bits per heavy atom. The van der Waals surface area contributed by atoms with Gasteiger partial charge in [0, 0.05) is 68.1 Å². The Kier molecular flexibility index (Phi) is 21.2. The summed E-state index contributed by atoms with van der Waals surface area (Å²) < 4.78 is 85.9. The number of aromatic carboxylic acids is 1. The number of ketones is 1. The van der Waals surface area contributed by atoms with E-state index < -0.39 is 135 Å². The zero-order chi connectivity index (χ0) is 58.9. The zero-order valence-electron chi connectivity index (χ0n) is 48.8. The first-order valence-corrected chi connectivity index (χ1v) is 29.3. The Balaban J connectivity index is 1.21. The number of carbonyl (C=O) groups is 3. The minimum atomic E-state index is -4.22. The van der Waals surface area contributed by atoms with Crippen molar-refractivity contribution in [3.05, 3.63) is 45.2 Å². The van der Waals surface area contributed by atoms with Crippen molar-refractivity contribution in [1.29, 1.82) is 0 Å². The number of methoxy groups -OCH3 is 2. The number of aliphatic hydroxyl groups is 3. The predicted molar refractivity (Wildman–Crippen MR) is 290 cm³/mol. The number of benzene rings is 1. The van der Waals surface area contributed by atoms with Gasteiger partial charge >= 0.3 is 11.9 Å². The van der Waals surface area contributed by atoms with Gasteiger partial charge in [-0.05, 0) is 113 Å². The fourth-order valence-corrected chi connectivity index (χ4v) is 13.5. The van der Waals surface area contributed by atoms with Gasteiger partial charge in [0.05, 0.1) is 65.5 Å². The molecule has 1 aromatic carbocycles. The zero-order valence-corrected chi connectivity index (χ0v) is 49.6. The molecule has 23 heteroatoms. The van der Waals surface area contributed by atoms with Crippen molar-refractivity contribution in [1.82, 2.24) is 14.8 Å². The Bertz CT molecular complexity index is 2630. The molecule has 4 aliphatic heterocycles. The van der Waals surface area contributed by atoms with E-state index >= 15 is 0 Å². The van der Waals surface area contributed by atoms with Crippen LogP contribution in [0.15, 0.2) is 23.1 Å². The summed E-state index contributed by atoms with van der Waals surface area (Å²) in [6.45, 7) is 19.1. The maximum Gasteiger partial charge on any atom is 0.341 e. The number of cyclic esters (lactones) is 1. The lowest BCUT2D eigenvalue weighted by Gasteiger charge is -2.50. The van der Waals surface area contributed by atoms with Crippen molar-refractivity contribution in [3.8, 4) is 0 Å². The minimum absolute atomic E-state index is 0.0285. The number of nitrogens with zero attached hydrogens (tertiary/aromatic N) is 2. The molecule has 22 nitrogen and oxygen atoms in total. The molecule has 1 unspecified atom stereocenters. The topological polar surface area (TPSA) is 287 Å². The van der Waals surface area contributed by atoms with Gasteiger partial charge in [-0.1, -0.05) is 33.8 Å². The standard InChI is InChI=1S/C56H89N3O19S/c1-16-41-56(11,67)48(63)31(4)44(60)29(2)25-54(9,70-14)49(77-53-46(62)40(58(12)13)22-30(3)73-53)32(5)47(33(6)52(66)75-41)76-42-26-55(10,71-15)50(34(7)74-42)78-79(68,69)21-20-57-19-17-18-36-23-37-28-72-35(8)59-27-39(51(64)65)45(61)38(24-36)43(37)59/h23-24,27,29-35,40-42,46-50,53,57,62-63,67H,16-22,25-26,28H2,1-15H3,(H,64,65)/t29-,30-,31+,32+,33-,34+,35?,40+,41-,42+,46-,47+,48-,49-,50+,53+,54-,55-,56-/m1/s1. The number of ether oxygens (including phenoxy) is 8. The summed E-state index contributed by atoms with van der Waals surface area (Å²) in [5.41, 5.74) is -3.46. The second-order valence-electron chi connectivity index (χ2n) is 23.5. The third kappa shape index (κ3) is 14.1. The normalized spacial score (nSPS) is 38.2. The van der Waals surface area contributed by atoms with Crippen LogP contribution in [-0.2, 0) is 74.8 Å². The summed E-state index contributed by atoms with van der Waals surface area (Å²) in [7, 11) is 2.36. The number of aryl methyl sites for hydroxylation is 1. The van der Waals surface area contributed by atoms with Gasteiger partial charge in [-0.2, -0.15) is 8.42 Å². The third-order valence-corrected chi connectivity index (χ3v) is 18.4. The highest BCUT2D eigenvalue weighted by Gasteiger charge is 2.55. The van der Waals surface area contributed by atoms with Crippen molar-refractivity contribution in [2.24, 2.45) is 23.7 Å². The van der Waals surface area contributed by atoms with Gasteiger partial charge < -0.3 is 73.1 Å². The number of carbonyl (C=O) groups excluding carboxylic acids is 2. The molecule has 19 atom stereocenters. The van der Waals surface area contributed by atoms with Crippen molar-refractivity contribution in [2.45, 2.75) is 212 Å². The molecule has 0 radical (unpaired) electrons. The molecule has 5 heterocycles. The summed E-state index contributed by atoms with van der Waals surface area (Å²) in [6.07, 6.45) is -8.67. The smallest absolute Gasteiger partial charge is 0.341 e. The van der Waals surface area contributed by atoms with Crippen LogP contribution in [-0.4, -0.2) is 187 Å². The third-order valence-electron chi connectivity index (χ3n) is 17.2. The number of aliphatic hydroxyl groups excluding tert-OH is 2. The second kappa shape index (κ2) is 25.9. The van der Waals surface area contributed by atoms with E-state index in [4.69, 9.17) is 42.1 Å². The number of nitrogens with one attached hydrogen (secondary N) is 1. The number of aromatic nitrogens is 1. The SMILES string of the molecule is CC[C@H]1OC(=O)[C@H](C)[C@@H](O[C@H]2C[C@@](C)(OC)[C@@H](OS(=O)(=O)CCNCCCc3cc4c5c(c3)c(=O)c(C(=O)O)cn5C(C)OC4)[C@H](C)O2)[C@H](C)[C@@H](O[C@@H]2O[C@H](C)C[C@H](N(C)C)[C@H]2O)[C@](C)(OC)C[C@@H](C)C(=O)[C@H](C)[C@@H](O)[C@]1(C)O. The van der Waals surface area contributed by atoms with E-state index in [1.807, 2.05) is 32.0 Å². The number of hydrogen-bond acceptors (Lipinski definition) is 20. The van der Waals surface area contributed by atoms with Crippen LogP contribution in [0.3, 0.4) is 0 Å². The number of esters is 1. The Morgan fingerprint density at radius 2 is 1.57 bits per heavy atom. The van der Waals surface area contributed by atoms with Crippen LogP contribution in [0.1, 0.15) is 136 Å². The van der Waals surface area contributed by atoms with Crippen molar-refractivity contribution < 1.29 is 85.3 Å². The molecule has 5 N–H and O–H groups in total. The Hall–Kier alpha value is -3.53. The highest BCUT2D eigenvalue weighted by Crippen LogP contribution is 2.43. The molecular weight excluding hydrogens is 1050 g/mol. The van der Waals surface area contributed by atoms with E-state index in [0.717, 1.165) is 11.1 Å². The number of hydrogen-bond donors (Lipinski definition) is 5. The molecule has 1 aromatic heterocycles. The van der Waals surface area contributed by atoms with Gasteiger partial charge in [-0.15, -0.1) is 0 Å². The fourth-order valence-electron chi connectivity index (χ4n) is 12.3. The van der Waals surface area contributed by atoms with Gasteiger partial charge in [0.25, 0.3) is 10.1 Å². The average molecular weight is 1140 g/mol. The van der Waals surface area contributed by atoms with E-state index in [0.29, 0.717) is 36.7 Å². The highest BCUT2D eigenvalue weighted by molar-refractivity contribution is 7.86. The summed E-state index contributed by atoms with van der Waals surface area (Å²) >= 11 is 0. The molecule has 0 bridgehead atoms. The van der Waals surface area contributed by atoms with Gasteiger partial charge in [0.1, 0.15) is 41.5 Å². The molecule has 3 fully saturated rings. The molecule has 2 aromatic rings. The summed E-state index contributed by atoms with van der Waals surface area (Å²) in [5.74, 6) is -6.77. The number of carboxylic acids is 1. The molecular formula is C56H89N3O19S. The lowest BCUT2D eigenvalue weighted by molar-refractivity contribution is -0.317. The lowest BCUT2D eigenvalue weighted by Crippen LogP contribution is -2.62. The van der Waals surface area contributed by atoms with E-state index in [-0.39, 0.29) is 55.9 Å². The molecule has 0 amide bonds. The molecule has 0 saturated carbocycles. The summed E-state index contributed by atoms with van der Waals surface area (Å²) in [5, 5.41) is 48.5. The van der Waals surface area contributed by atoms with Crippen LogP contribution in [0.5, 0.6) is 0 Å². The van der Waals surface area contributed by atoms with E-state index in [1.54, 1.807) is 66.0 Å². The summed E-state index contributed by atoms with van der Waals surface area (Å²) in [6, 6.07) is 3.29. The van der Waals surface area contributed by atoms with Gasteiger partial charge in [0.2, 0.25) is 5.43 Å². The van der Waals surface area contributed by atoms with E-state index in [1.165, 1.54) is 34.3 Å². The number of Topliss-reactive ketones (excluding diaryl/α,β-unsaturated/α-hetero) is 1. The van der Waals surface area contributed by atoms with Crippen molar-refractivity contribution >= 4 is 38.7 Å². The summed E-state index contributed by atoms with van der Waals surface area (Å²) in [4.78, 5) is 55.8. The number of carboxylic acid groups (broad SMARTS) is 1. The molecule has 3 saturated heterocycles. The van der Waals surface area contributed by atoms with Crippen molar-refractivity contribution in [3.63, 3.8) is 0 Å². The van der Waals surface area contributed by atoms with Crippen molar-refractivity contribution in [2.75, 3.05) is 47.2 Å². The first kappa shape index (κ1) is 64.6. The lowest BCUT2D eigenvalue weighted by atomic mass is 9.74. The van der Waals surface area contributed by atoms with Crippen LogP contribution >= 0.6 is 0 Å². The maximum atomic E-state index is 14.6. The molecule has 0 aliphatic carbocycles. The number of pyridine rings is 1. The van der Waals surface area contributed by atoms with Crippen LogP contribution in [0.25, 0.3) is 10.9 Å². The predicted octanol–water partition coefficient (Wildman–Crippen LogP) is 4.08. The monoisotopic (exact) mass is 1140 g/mol. The Morgan fingerprint density at radius 1 is 0.911 bits per heavy atom. The molecule has 448 valence electrons. The average Bonchev–Trinajstić information content (AvgIpc) is 3.40. The molecule has 6 rings (SSSR count). The van der Waals surface area contributed by atoms with Gasteiger partial charge in [-0.3, -0.25) is 18.6 Å². The van der Waals surface area contributed by atoms with E-state index in [2.05, 4.69) is 5.32 Å². The first-order chi connectivity index (χ1) is 36.8. The second-order valence-corrected chi connectivity index (χ2v) is 25.2. The van der Waals surface area contributed by atoms with Crippen LogP contribution < -0.4 is 10.7 Å². The van der Waals surface area contributed by atoms with Crippen LogP contribution in [0.4, 0.5) is 0 Å². The maximum absolute atomic E-state index is 14.6. The van der Waals surface area contributed by atoms with Crippen LogP contribution in [0.2, 0.25) is 0 Å². The fraction of sp³-hybridized carbons (Fsp3) is 0.786.